The van der Waals surface area contributed by atoms with E-state index in [-0.39, 0.29) is 6.61 Å². The molecule has 0 fully saturated rings. The Labute approximate surface area is 81.6 Å². The summed E-state index contributed by atoms with van der Waals surface area (Å²) in [6, 6.07) is 1.95. The number of imidazole rings is 1. The molecule has 0 unspecified atom stereocenters. The van der Waals surface area contributed by atoms with Crippen molar-refractivity contribution in [1.29, 1.82) is 0 Å². The van der Waals surface area contributed by atoms with Crippen LogP contribution < -0.4 is 0 Å². The van der Waals surface area contributed by atoms with Gasteiger partial charge in [-0.05, 0) is 6.07 Å². The van der Waals surface area contributed by atoms with Crippen molar-refractivity contribution in [1.82, 2.24) is 19.3 Å². The third-order valence-electron chi connectivity index (χ3n) is 2.04. The largest absolute Gasteiger partial charge is 0.388 e. The highest BCUT2D eigenvalue weighted by atomic mass is 16.3. The molecule has 5 heteroatoms. The maximum atomic E-state index is 8.98. The summed E-state index contributed by atoms with van der Waals surface area (Å²) in [4.78, 5) is 4.02. The lowest BCUT2D eigenvalue weighted by Crippen LogP contribution is -2.05. The van der Waals surface area contributed by atoms with E-state index in [4.69, 9.17) is 5.11 Å². The molecule has 74 valence electrons. The average molecular weight is 192 g/mol. The Kier molecular flexibility index (Phi) is 2.32. The van der Waals surface area contributed by atoms with Gasteiger partial charge in [0.15, 0.2) is 0 Å². The summed E-state index contributed by atoms with van der Waals surface area (Å²) in [6.07, 6.45) is 5.40. The fourth-order valence-corrected chi connectivity index (χ4v) is 1.36. The fourth-order valence-electron chi connectivity index (χ4n) is 1.36. The van der Waals surface area contributed by atoms with Gasteiger partial charge in [-0.3, -0.25) is 4.68 Å². The number of hydrogen-bond donors (Lipinski definition) is 1. The highest BCUT2D eigenvalue weighted by Crippen LogP contribution is 2.02. The first-order valence-electron chi connectivity index (χ1n) is 4.39. The smallest absolute Gasteiger partial charge is 0.134 e. The van der Waals surface area contributed by atoms with Crippen LogP contribution in [0.1, 0.15) is 11.5 Å². The Morgan fingerprint density at radius 2 is 2.29 bits per heavy atom. The van der Waals surface area contributed by atoms with E-state index in [9.17, 15) is 0 Å². The number of hydrogen-bond acceptors (Lipinski definition) is 3. The van der Waals surface area contributed by atoms with E-state index in [1.807, 2.05) is 30.1 Å². The first-order chi connectivity index (χ1) is 6.79. The molecule has 0 radical (unpaired) electrons. The van der Waals surface area contributed by atoms with Crippen LogP contribution in [0.25, 0.3) is 0 Å². The van der Waals surface area contributed by atoms with Crippen molar-refractivity contribution in [2.24, 2.45) is 7.05 Å². The van der Waals surface area contributed by atoms with Crippen LogP contribution in [-0.4, -0.2) is 24.4 Å². The number of aryl methyl sites for hydroxylation is 1. The molecule has 2 rings (SSSR count). The quantitative estimate of drug-likeness (QED) is 0.753. The van der Waals surface area contributed by atoms with Gasteiger partial charge in [-0.25, -0.2) is 4.98 Å². The Hall–Kier alpha value is -1.62. The minimum atomic E-state index is -0.0418. The van der Waals surface area contributed by atoms with E-state index in [0.29, 0.717) is 12.4 Å². The number of aliphatic hydroxyl groups excluding tert-OH is 1. The molecule has 2 heterocycles. The molecule has 5 nitrogen and oxygen atoms in total. The fraction of sp³-hybridized carbons (Fsp3) is 0.333. The Morgan fingerprint density at radius 3 is 2.93 bits per heavy atom. The van der Waals surface area contributed by atoms with Crippen molar-refractivity contribution < 1.29 is 5.11 Å². The van der Waals surface area contributed by atoms with Gasteiger partial charge in [0.1, 0.15) is 12.4 Å². The molecule has 0 aromatic carbocycles. The molecule has 0 aliphatic rings. The summed E-state index contributed by atoms with van der Waals surface area (Å²) in [5.41, 5.74) is 0.959. The molecule has 0 spiro atoms. The molecular weight excluding hydrogens is 180 g/mol. The van der Waals surface area contributed by atoms with E-state index < -0.39 is 0 Å². The van der Waals surface area contributed by atoms with Crippen LogP contribution in [0.4, 0.5) is 0 Å². The zero-order valence-electron chi connectivity index (χ0n) is 7.96. The number of nitrogens with zero attached hydrogens (tertiary/aromatic N) is 4. The van der Waals surface area contributed by atoms with E-state index in [1.54, 1.807) is 10.9 Å². The lowest BCUT2D eigenvalue weighted by atomic mass is 10.4. The summed E-state index contributed by atoms with van der Waals surface area (Å²) in [5.74, 6) is 0.663. The molecule has 2 aromatic heterocycles. The van der Waals surface area contributed by atoms with Crippen LogP contribution in [-0.2, 0) is 20.2 Å². The molecule has 0 aliphatic carbocycles. The predicted molar refractivity (Wildman–Crippen MR) is 50.5 cm³/mol. The summed E-state index contributed by atoms with van der Waals surface area (Å²) in [6.45, 7) is 0.608. The van der Waals surface area contributed by atoms with Gasteiger partial charge in [0.2, 0.25) is 0 Å². The van der Waals surface area contributed by atoms with E-state index in [0.717, 1.165) is 5.69 Å². The van der Waals surface area contributed by atoms with Crippen molar-refractivity contribution in [3.63, 3.8) is 0 Å². The van der Waals surface area contributed by atoms with Gasteiger partial charge in [0.05, 0.1) is 12.2 Å². The minimum Gasteiger partial charge on any atom is -0.388 e. The third-order valence-corrected chi connectivity index (χ3v) is 2.04. The van der Waals surface area contributed by atoms with Gasteiger partial charge in [-0.1, -0.05) is 0 Å². The van der Waals surface area contributed by atoms with Gasteiger partial charge < -0.3 is 9.67 Å². The molecule has 0 amide bonds. The van der Waals surface area contributed by atoms with Gasteiger partial charge in [-0.15, -0.1) is 0 Å². The van der Waals surface area contributed by atoms with Gasteiger partial charge in [0.25, 0.3) is 0 Å². The second kappa shape index (κ2) is 3.63. The predicted octanol–water partition coefficient (Wildman–Crippen LogP) is 0.157. The third kappa shape index (κ3) is 1.67. The summed E-state index contributed by atoms with van der Waals surface area (Å²) < 4.78 is 3.63. The van der Waals surface area contributed by atoms with Gasteiger partial charge in [-0.2, -0.15) is 5.10 Å². The number of rotatable bonds is 3. The van der Waals surface area contributed by atoms with Crippen LogP contribution in [0.2, 0.25) is 0 Å². The van der Waals surface area contributed by atoms with E-state index in [2.05, 4.69) is 10.1 Å². The van der Waals surface area contributed by atoms with Crippen LogP contribution >= 0.6 is 0 Å². The highest BCUT2D eigenvalue weighted by molar-refractivity contribution is 5.02. The van der Waals surface area contributed by atoms with Gasteiger partial charge in [0, 0.05) is 25.6 Å². The van der Waals surface area contributed by atoms with Gasteiger partial charge >= 0.3 is 0 Å². The average Bonchev–Trinajstić information content (AvgIpc) is 2.76. The molecule has 0 saturated heterocycles. The van der Waals surface area contributed by atoms with Crippen molar-refractivity contribution in [3.8, 4) is 0 Å². The number of aromatic nitrogens is 4. The molecule has 0 bridgehead atoms. The second-order valence-electron chi connectivity index (χ2n) is 3.11. The summed E-state index contributed by atoms with van der Waals surface area (Å²) >= 11 is 0. The normalized spacial score (nSPS) is 10.7. The topological polar surface area (TPSA) is 55.9 Å². The second-order valence-corrected chi connectivity index (χ2v) is 3.11. The Balaban J connectivity index is 2.18. The lowest BCUT2D eigenvalue weighted by Gasteiger charge is -2.02. The van der Waals surface area contributed by atoms with E-state index in [1.165, 1.54) is 0 Å². The molecule has 0 saturated carbocycles. The van der Waals surface area contributed by atoms with Crippen LogP contribution in [0.15, 0.2) is 24.7 Å². The maximum Gasteiger partial charge on any atom is 0.134 e. The Morgan fingerprint density at radius 1 is 1.43 bits per heavy atom. The summed E-state index contributed by atoms with van der Waals surface area (Å²) in [5, 5.41) is 13.2. The van der Waals surface area contributed by atoms with Crippen LogP contribution in [0.5, 0.6) is 0 Å². The monoisotopic (exact) mass is 192 g/mol. The molecule has 0 atom stereocenters. The van der Waals surface area contributed by atoms with Crippen molar-refractivity contribution in [2.75, 3.05) is 0 Å². The Bertz CT molecular complexity index is 418. The minimum absolute atomic E-state index is 0.0418. The zero-order valence-corrected chi connectivity index (χ0v) is 7.96. The lowest BCUT2D eigenvalue weighted by molar-refractivity contribution is 0.266. The number of aliphatic hydroxyl groups is 1. The van der Waals surface area contributed by atoms with Crippen molar-refractivity contribution >= 4 is 0 Å². The SMILES string of the molecule is Cn1ccc(Cn2ccnc2CO)n1. The van der Waals surface area contributed by atoms with Crippen molar-refractivity contribution in [2.45, 2.75) is 13.2 Å². The van der Waals surface area contributed by atoms with E-state index >= 15 is 0 Å². The first kappa shape index (κ1) is 8.96. The highest BCUT2D eigenvalue weighted by Gasteiger charge is 2.03. The van der Waals surface area contributed by atoms with Crippen molar-refractivity contribution in [3.05, 3.63) is 36.2 Å². The van der Waals surface area contributed by atoms with Crippen LogP contribution in [0.3, 0.4) is 0 Å². The zero-order chi connectivity index (χ0) is 9.97. The summed E-state index contributed by atoms with van der Waals surface area (Å²) in [7, 11) is 1.88. The molecular formula is C9H12N4O. The first-order valence-corrected chi connectivity index (χ1v) is 4.39. The molecule has 2 aromatic rings. The molecule has 1 N–H and O–H groups in total. The standard InChI is InChI=1S/C9H12N4O/c1-12-4-2-8(11-12)6-13-5-3-10-9(13)7-14/h2-5,14H,6-7H2,1H3. The molecule has 0 aliphatic heterocycles. The van der Waals surface area contributed by atoms with Crippen LogP contribution in [0, 0.1) is 0 Å². The maximum absolute atomic E-state index is 8.98. The molecule has 14 heavy (non-hydrogen) atoms.